The zero-order valence-corrected chi connectivity index (χ0v) is 11.3. The van der Waals surface area contributed by atoms with Crippen LogP contribution in [0.3, 0.4) is 0 Å². The van der Waals surface area contributed by atoms with Crippen molar-refractivity contribution < 1.29 is 17.5 Å². The summed E-state index contributed by atoms with van der Waals surface area (Å²) >= 11 is 0. The van der Waals surface area contributed by atoms with Gasteiger partial charge in [-0.15, -0.1) is 4.83 Å². The fourth-order valence-electron chi connectivity index (χ4n) is 1.75. The number of nitrogens with one attached hydrogen (secondary N) is 1. The van der Waals surface area contributed by atoms with Gasteiger partial charge >= 0.3 is 0 Å². The first-order valence-corrected chi connectivity index (χ1v) is 7.29. The maximum Gasteiger partial charge on any atom is 0.256 e. The summed E-state index contributed by atoms with van der Waals surface area (Å²) in [7, 11) is -3.96. The number of anilines is 1. The number of hydrazine groups is 1. The molecular weight excluding hydrogens is 273 g/mol. The third kappa shape index (κ3) is 3.21. The average Bonchev–Trinajstić information content (AvgIpc) is 2.34. The van der Waals surface area contributed by atoms with Crippen molar-refractivity contribution in [3.63, 3.8) is 0 Å². The minimum Gasteiger partial charge on any atom is -0.398 e. The Morgan fingerprint density at radius 2 is 2.00 bits per heavy atom. The summed E-state index contributed by atoms with van der Waals surface area (Å²) in [6, 6.07) is 2.25. The van der Waals surface area contributed by atoms with Gasteiger partial charge in [0.1, 0.15) is 10.7 Å². The zero-order chi connectivity index (χ0) is 14.0. The minimum atomic E-state index is -3.96. The molecule has 1 aromatic carbocycles. The molecule has 8 heteroatoms. The summed E-state index contributed by atoms with van der Waals surface area (Å²) in [5, 5.41) is 1.48. The van der Waals surface area contributed by atoms with Gasteiger partial charge in [0, 0.05) is 18.8 Å². The molecule has 0 atom stereocenters. The van der Waals surface area contributed by atoms with Crippen molar-refractivity contribution in [2.24, 2.45) is 0 Å². The second-order valence-corrected chi connectivity index (χ2v) is 5.96. The number of sulfonamides is 1. The number of morpholine rings is 1. The molecular formula is C11H16FN3O3S. The van der Waals surface area contributed by atoms with E-state index in [4.69, 9.17) is 10.5 Å². The van der Waals surface area contributed by atoms with E-state index in [0.717, 1.165) is 12.1 Å². The summed E-state index contributed by atoms with van der Waals surface area (Å²) in [4.78, 5) is 1.89. The molecule has 0 aliphatic carbocycles. The fraction of sp³-hybridized carbons (Fsp3) is 0.455. The van der Waals surface area contributed by atoms with E-state index >= 15 is 0 Å². The van der Waals surface area contributed by atoms with Crippen molar-refractivity contribution in [3.05, 3.63) is 23.5 Å². The predicted molar refractivity (Wildman–Crippen MR) is 68.3 cm³/mol. The third-order valence-electron chi connectivity index (χ3n) is 2.87. The van der Waals surface area contributed by atoms with Crippen molar-refractivity contribution in [3.8, 4) is 0 Å². The first-order valence-electron chi connectivity index (χ1n) is 5.81. The molecule has 0 saturated carbocycles. The maximum atomic E-state index is 13.8. The molecule has 19 heavy (non-hydrogen) atoms. The Balaban J connectivity index is 2.26. The quantitative estimate of drug-likeness (QED) is 0.779. The molecule has 0 spiro atoms. The molecule has 0 aromatic heterocycles. The van der Waals surface area contributed by atoms with E-state index < -0.39 is 20.7 Å². The van der Waals surface area contributed by atoms with Crippen LogP contribution in [0, 0.1) is 12.7 Å². The van der Waals surface area contributed by atoms with Crippen molar-refractivity contribution in [2.45, 2.75) is 11.8 Å². The van der Waals surface area contributed by atoms with Gasteiger partial charge in [-0.2, -0.15) is 0 Å². The number of nitrogens with zero attached hydrogens (tertiary/aromatic N) is 1. The third-order valence-corrected chi connectivity index (χ3v) is 4.26. The van der Waals surface area contributed by atoms with Gasteiger partial charge < -0.3 is 10.5 Å². The summed E-state index contributed by atoms with van der Waals surface area (Å²) in [5.41, 5.74) is 6.37. The summed E-state index contributed by atoms with van der Waals surface area (Å²) < 4.78 is 43.1. The molecule has 0 radical (unpaired) electrons. The molecule has 2 rings (SSSR count). The van der Waals surface area contributed by atoms with E-state index in [1.54, 1.807) is 6.92 Å². The molecule has 0 amide bonds. The minimum absolute atomic E-state index is 0.240. The van der Waals surface area contributed by atoms with Gasteiger partial charge in [0.25, 0.3) is 10.0 Å². The van der Waals surface area contributed by atoms with Gasteiger partial charge in [-0.3, -0.25) is 0 Å². The van der Waals surface area contributed by atoms with Crippen molar-refractivity contribution >= 4 is 15.7 Å². The molecule has 6 nitrogen and oxygen atoms in total. The molecule has 1 fully saturated rings. The number of nitrogens with two attached hydrogens (primary N) is 1. The summed E-state index contributed by atoms with van der Waals surface area (Å²) in [6.07, 6.45) is 0. The van der Waals surface area contributed by atoms with E-state index in [-0.39, 0.29) is 5.69 Å². The molecule has 0 unspecified atom stereocenters. The van der Waals surface area contributed by atoms with Crippen LogP contribution in [-0.4, -0.2) is 39.7 Å². The Kier molecular flexibility index (Phi) is 4.04. The van der Waals surface area contributed by atoms with Crippen LogP contribution < -0.4 is 10.6 Å². The first-order chi connectivity index (χ1) is 8.90. The highest BCUT2D eigenvalue weighted by Crippen LogP contribution is 2.21. The Morgan fingerprint density at radius 1 is 1.37 bits per heavy atom. The maximum absolute atomic E-state index is 13.8. The van der Waals surface area contributed by atoms with Crippen LogP contribution in [0.1, 0.15) is 5.56 Å². The van der Waals surface area contributed by atoms with E-state index in [2.05, 4.69) is 4.83 Å². The summed E-state index contributed by atoms with van der Waals surface area (Å²) in [6.45, 7) is 3.32. The number of hydrogen-bond acceptors (Lipinski definition) is 5. The molecule has 1 aliphatic heterocycles. The van der Waals surface area contributed by atoms with Crippen molar-refractivity contribution in [2.75, 3.05) is 32.0 Å². The highest BCUT2D eigenvalue weighted by molar-refractivity contribution is 7.89. The van der Waals surface area contributed by atoms with Crippen LogP contribution in [-0.2, 0) is 14.8 Å². The van der Waals surface area contributed by atoms with E-state index in [1.165, 1.54) is 5.01 Å². The first kappa shape index (κ1) is 14.2. The molecule has 1 aliphatic rings. The smallest absolute Gasteiger partial charge is 0.256 e. The number of hydrogen-bond donors (Lipinski definition) is 2. The van der Waals surface area contributed by atoms with Gasteiger partial charge in [0.15, 0.2) is 0 Å². The molecule has 106 valence electrons. The molecule has 3 N–H and O–H groups in total. The van der Waals surface area contributed by atoms with Gasteiger partial charge in [-0.25, -0.2) is 17.8 Å². The number of halogens is 1. The number of aryl methyl sites for hydroxylation is 1. The van der Waals surface area contributed by atoms with Gasteiger partial charge in [-0.05, 0) is 24.6 Å². The van der Waals surface area contributed by atoms with Crippen LogP contribution in [0.5, 0.6) is 0 Å². The van der Waals surface area contributed by atoms with Gasteiger partial charge in [-0.1, -0.05) is 0 Å². The lowest BCUT2D eigenvalue weighted by Gasteiger charge is -2.26. The monoisotopic (exact) mass is 289 g/mol. The van der Waals surface area contributed by atoms with E-state index in [0.29, 0.717) is 31.9 Å². The fourth-order valence-corrected chi connectivity index (χ4v) is 2.97. The zero-order valence-electron chi connectivity index (χ0n) is 10.5. The number of ether oxygens (including phenoxy) is 1. The highest BCUT2D eigenvalue weighted by atomic mass is 32.2. The Labute approximate surface area is 111 Å². The topological polar surface area (TPSA) is 84.7 Å². The highest BCUT2D eigenvalue weighted by Gasteiger charge is 2.24. The van der Waals surface area contributed by atoms with Crippen LogP contribution in [0.15, 0.2) is 17.0 Å². The SMILES string of the molecule is Cc1cc(F)c(S(=O)(=O)NN2CCOCC2)cc1N. The second kappa shape index (κ2) is 5.41. The normalized spacial score (nSPS) is 17.6. The lowest BCUT2D eigenvalue weighted by molar-refractivity contribution is 0.0272. The van der Waals surface area contributed by atoms with Crippen LogP contribution in [0.2, 0.25) is 0 Å². The van der Waals surface area contributed by atoms with Crippen LogP contribution >= 0.6 is 0 Å². The molecule has 1 saturated heterocycles. The van der Waals surface area contributed by atoms with Gasteiger partial charge in [0.05, 0.1) is 13.2 Å². The molecule has 1 aromatic rings. The van der Waals surface area contributed by atoms with E-state index in [9.17, 15) is 12.8 Å². The van der Waals surface area contributed by atoms with Crippen molar-refractivity contribution in [1.82, 2.24) is 9.84 Å². The Hall–Kier alpha value is -1.22. The lowest BCUT2D eigenvalue weighted by atomic mass is 10.2. The van der Waals surface area contributed by atoms with Crippen molar-refractivity contribution in [1.29, 1.82) is 0 Å². The summed E-state index contributed by atoms with van der Waals surface area (Å²) in [5.74, 6) is -0.813. The Bertz CT molecular complexity index is 571. The lowest BCUT2D eigenvalue weighted by Crippen LogP contribution is -2.48. The number of rotatable bonds is 3. The second-order valence-electron chi connectivity index (χ2n) is 4.33. The largest absolute Gasteiger partial charge is 0.398 e. The van der Waals surface area contributed by atoms with E-state index in [1.807, 2.05) is 0 Å². The van der Waals surface area contributed by atoms with Gasteiger partial charge in [0.2, 0.25) is 0 Å². The number of nitrogen functional groups attached to an aromatic ring is 1. The van der Waals surface area contributed by atoms with Crippen LogP contribution in [0.25, 0.3) is 0 Å². The molecule has 0 bridgehead atoms. The molecule has 1 heterocycles. The predicted octanol–water partition coefficient (Wildman–Crippen LogP) is 0.242. The van der Waals surface area contributed by atoms with Crippen LogP contribution in [0.4, 0.5) is 10.1 Å². The Morgan fingerprint density at radius 3 is 2.63 bits per heavy atom. The number of benzene rings is 1. The standard InChI is InChI=1S/C11H16FN3O3S/c1-8-6-9(12)11(7-10(8)13)19(16,17)14-15-2-4-18-5-3-15/h6-7,14H,2-5,13H2,1H3. The average molecular weight is 289 g/mol.